The van der Waals surface area contributed by atoms with Crippen molar-refractivity contribution in [3.05, 3.63) is 24.1 Å². The Hall–Kier alpha value is -1.56. The third kappa shape index (κ3) is 3.23. The van der Waals surface area contributed by atoms with Crippen LogP contribution < -0.4 is 11.1 Å². The van der Waals surface area contributed by atoms with Crippen LogP contribution in [0.2, 0.25) is 0 Å². The van der Waals surface area contributed by atoms with Gasteiger partial charge in [-0.1, -0.05) is 19.1 Å². The molecule has 0 aliphatic carbocycles. The summed E-state index contributed by atoms with van der Waals surface area (Å²) in [6.45, 7) is 1.81. The molecule has 3 N–H and O–H groups in total. The summed E-state index contributed by atoms with van der Waals surface area (Å²) in [5.74, 6) is -1.03. The molecule has 6 heteroatoms. The standard InChI is InChI=1S/C10H12FN3OS/c1-2-7(9(12)16)10(15)14-8-4-3-6(11)5-13-8/h3-5,7H,2H2,1H3,(H2,12,16)(H,13,14,15). The molecular formula is C10H12FN3OS. The molecule has 1 aromatic rings. The molecule has 0 saturated carbocycles. The van der Waals surface area contributed by atoms with Gasteiger partial charge in [0.25, 0.3) is 0 Å². The molecule has 1 heterocycles. The van der Waals surface area contributed by atoms with E-state index in [9.17, 15) is 9.18 Å². The summed E-state index contributed by atoms with van der Waals surface area (Å²) >= 11 is 4.77. The highest BCUT2D eigenvalue weighted by molar-refractivity contribution is 7.80. The Balaban J connectivity index is 2.70. The van der Waals surface area contributed by atoms with Gasteiger partial charge in [0.05, 0.1) is 17.1 Å². The average Bonchev–Trinajstić information content (AvgIpc) is 2.22. The number of halogens is 1. The first-order chi connectivity index (χ1) is 7.54. The summed E-state index contributed by atoms with van der Waals surface area (Å²) in [5.41, 5.74) is 5.42. The van der Waals surface area contributed by atoms with Gasteiger partial charge >= 0.3 is 0 Å². The van der Waals surface area contributed by atoms with Crippen molar-refractivity contribution in [2.45, 2.75) is 13.3 Å². The Labute approximate surface area is 98.1 Å². The van der Waals surface area contributed by atoms with E-state index in [1.54, 1.807) is 0 Å². The van der Waals surface area contributed by atoms with Crippen molar-refractivity contribution in [1.82, 2.24) is 4.98 Å². The van der Waals surface area contributed by atoms with E-state index in [0.717, 1.165) is 6.20 Å². The fraction of sp³-hybridized carbons (Fsp3) is 0.300. The van der Waals surface area contributed by atoms with Gasteiger partial charge in [-0.05, 0) is 18.6 Å². The van der Waals surface area contributed by atoms with E-state index in [4.69, 9.17) is 18.0 Å². The van der Waals surface area contributed by atoms with Gasteiger partial charge in [0.1, 0.15) is 11.6 Å². The zero-order valence-electron chi connectivity index (χ0n) is 8.74. The maximum atomic E-state index is 12.6. The molecule has 0 saturated heterocycles. The maximum Gasteiger partial charge on any atom is 0.235 e. The molecule has 1 amide bonds. The Morgan fingerprint density at radius 1 is 1.69 bits per heavy atom. The van der Waals surface area contributed by atoms with Crippen molar-refractivity contribution in [2.75, 3.05) is 5.32 Å². The summed E-state index contributed by atoms with van der Waals surface area (Å²) in [5, 5.41) is 2.52. The van der Waals surface area contributed by atoms with Gasteiger partial charge in [0.2, 0.25) is 5.91 Å². The molecule has 0 aliphatic heterocycles. The van der Waals surface area contributed by atoms with E-state index in [0.29, 0.717) is 6.42 Å². The van der Waals surface area contributed by atoms with Gasteiger partial charge in [0, 0.05) is 0 Å². The minimum absolute atomic E-state index is 0.141. The molecular weight excluding hydrogens is 229 g/mol. The SMILES string of the molecule is CCC(C(=O)Nc1ccc(F)cn1)C(N)=S. The summed E-state index contributed by atoms with van der Waals surface area (Å²) in [6.07, 6.45) is 1.54. The van der Waals surface area contributed by atoms with E-state index < -0.39 is 11.7 Å². The number of aromatic nitrogens is 1. The lowest BCUT2D eigenvalue weighted by atomic mass is 10.1. The molecule has 0 spiro atoms. The Kier molecular flexibility index (Phi) is 4.30. The third-order valence-electron chi connectivity index (χ3n) is 2.05. The molecule has 86 valence electrons. The zero-order chi connectivity index (χ0) is 12.1. The largest absolute Gasteiger partial charge is 0.393 e. The summed E-state index contributed by atoms with van der Waals surface area (Å²) in [7, 11) is 0. The molecule has 0 fully saturated rings. The normalized spacial score (nSPS) is 11.9. The number of hydrogen-bond donors (Lipinski definition) is 2. The summed E-state index contributed by atoms with van der Waals surface area (Å²) in [6, 6.07) is 2.59. The van der Waals surface area contributed by atoms with Crippen LogP contribution in [0.4, 0.5) is 10.2 Å². The van der Waals surface area contributed by atoms with Gasteiger partial charge in [0.15, 0.2) is 0 Å². The van der Waals surface area contributed by atoms with Crippen molar-refractivity contribution in [3.63, 3.8) is 0 Å². The lowest BCUT2D eigenvalue weighted by Gasteiger charge is -2.12. The minimum Gasteiger partial charge on any atom is -0.393 e. The van der Waals surface area contributed by atoms with Crippen molar-refractivity contribution in [3.8, 4) is 0 Å². The predicted octanol–water partition coefficient (Wildman–Crippen LogP) is 1.47. The van der Waals surface area contributed by atoms with E-state index in [2.05, 4.69) is 10.3 Å². The first-order valence-corrected chi connectivity index (χ1v) is 5.17. The molecule has 0 aromatic carbocycles. The molecule has 1 aromatic heterocycles. The van der Waals surface area contributed by atoms with Crippen LogP contribution in [-0.2, 0) is 4.79 Å². The van der Waals surface area contributed by atoms with Crippen LogP contribution in [0.1, 0.15) is 13.3 Å². The van der Waals surface area contributed by atoms with Crippen molar-refractivity contribution >= 4 is 28.9 Å². The number of carbonyl (C=O) groups is 1. The van der Waals surface area contributed by atoms with Gasteiger partial charge < -0.3 is 11.1 Å². The third-order valence-corrected chi connectivity index (χ3v) is 2.33. The van der Waals surface area contributed by atoms with Crippen LogP contribution in [0.5, 0.6) is 0 Å². The van der Waals surface area contributed by atoms with E-state index in [1.165, 1.54) is 12.1 Å². The van der Waals surface area contributed by atoms with Gasteiger partial charge in [-0.2, -0.15) is 0 Å². The number of carbonyl (C=O) groups excluding carboxylic acids is 1. The second-order valence-corrected chi connectivity index (χ2v) is 3.69. The van der Waals surface area contributed by atoms with Crippen LogP contribution in [0, 0.1) is 11.7 Å². The number of anilines is 1. The highest BCUT2D eigenvalue weighted by Crippen LogP contribution is 2.09. The van der Waals surface area contributed by atoms with Gasteiger partial charge in [-0.15, -0.1) is 0 Å². The fourth-order valence-corrected chi connectivity index (χ4v) is 1.45. The summed E-state index contributed by atoms with van der Waals surface area (Å²) < 4.78 is 12.6. The minimum atomic E-state index is -0.526. The van der Waals surface area contributed by atoms with Crippen molar-refractivity contribution in [2.24, 2.45) is 11.7 Å². The zero-order valence-corrected chi connectivity index (χ0v) is 9.55. The van der Waals surface area contributed by atoms with Crippen LogP contribution in [0.25, 0.3) is 0 Å². The second-order valence-electron chi connectivity index (χ2n) is 3.21. The number of nitrogens with zero attached hydrogens (tertiary/aromatic N) is 1. The lowest BCUT2D eigenvalue weighted by molar-refractivity contribution is -0.118. The first kappa shape index (κ1) is 12.5. The number of pyridine rings is 1. The highest BCUT2D eigenvalue weighted by Gasteiger charge is 2.19. The Bertz CT molecular complexity index is 394. The number of rotatable bonds is 4. The molecule has 0 radical (unpaired) electrons. The number of nitrogens with one attached hydrogen (secondary N) is 1. The Morgan fingerprint density at radius 3 is 2.81 bits per heavy atom. The molecule has 1 unspecified atom stereocenters. The van der Waals surface area contributed by atoms with Gasteiger partial charge in [-0.3, -0.25) is 4.79 Å². The second kappa shape index (κ2) is 5.50. The van der Waals surface area contributed by atoms with Crippen LogP contribution in [0.15, 0.2) is 18.3 Å². The topological polar surface area (TPSA) is 68.0 Å². The Morgan fingerprint density at radius 2 is 2.38 bits per heavy atom. The quantitative estimate of drug-likeness (QED) is 0.783. The van der Waals surface area contributed by atoms with Crippen molar-refractivity contribution in [1.29, 1.82) is 0 Å². The van der Waals surface area contributed by atoms with E-state index in [1.807, 2.05) is 6.92 Å². The highest BCUT2D eigenvalue weighted by atomic mass is 32.1. The van der Waals surface area contributed by atoms with Crippen LogP contribution in [-0.4, -0.2) is 15.9 Å². The first-order valence-electron chi connectivity index (χ1n) is 4.76. The number of nitrogens with two attached hydrogens (primary N) is 1. The van der Waals surface area contributed by atoms with E-state index >= 15 is 0 Å². The number of thiocarbonyl (C=S) groups is 1. The van der Waals surface area contributed by atoms with Gasteiger partial charge in [-0.25, -0.2) is 9.37 Å². The smallest absolute Gasteiger partial charge is 0.235 e. The van der Waals surface area contributed by atoms with E-state index in [-0.39, 0.29) is 16.7 Å². The van der Waals surface area contributed by atoms with Crippen molar-refractivity contribution < 1.29 is 9.18 Å². The van der Waals surface area contributed by atoms with Crippen LogP contribution >= 0.6 is 12.2 Å². The summed E-state index contributed by atoms with van der Waals surface area (Å²) in [4.78, 5) is 15.5. The molecule has 0 aliphatic rings. The lowest BCUT2D eigenvalue weighted by Crippen LogP contribution is -2.32. The molecule has 1 atom stereocenters. The molecule has 0 bridgehead atoms. The van der Waals surface area contributed by atoms with Crippen LogP contribution in [0.3, 0.4) is 0 Å². The average molecular weight is 241 g/mol. The molecule has 16 heavy (non-hydrogen) atoms. The maximum absolute atomic E-state index is 12.6. The fourth-order valence-electron chi connectivity index (χ4n) is 1.18. The number of amides is 1. The molecule has 1 rings (SSSR count). The monoisotopic (exact) mass is 241 g/mol. The number of hydrogen-bond acceptors (Lipinski definition) is 3. The predicted molar refractivity (Wildman–Crippen MR) is 63.4 cm³/mol. The molecule has 4 nitrogen and oxygen atoms in total.